The number of ether oxygens (including phenoxy) is 1. The SMILES string of the molecule is COc1cccc([C@H]2CCCN2C(=O)CN(C)S(=O)(=O)c2ccccc2C#N)c1. The number of hydrogen-bond donors (Lipinski definition) is 0. The average Bonchev–Trinajstić information content (AvgIpc) is 3.23. The molecular formula is C21H23N3O4S. The predicted molar refractivity (Wildman–Crippen MR) is 108 cm³/mol. The molecule has 1 aliphatic heterocycles. The Balaban J connectivity index is 1.79. The van der Waals surface area contributed by atoms with E-state index >= 15 is 0 Å². The molecule has 2 aromatic rings. The van der Waals surface area contributed by atoms with E-state index in [1.807, 2.05) is 30.3 Å². The highest BCUT2D eigenvalue weighted by molar-refractivity contribution is 7.89. The van der Waals surface area contributed by atoms with E-state index in [4.69, 9.17) is 4.74 Å². The monoisotopic (exact) mass is 413 g/mol. The molecule has 7 nitrogen and oxygen atoms in total. The number of benzene rings is 2. The summed E-state index contributed by atoms with van der Waals surface area (Å²) in [7, 11) is -1.00. The van der Waals surface area contributed by atoms with Crippen molar-refractivity contribution in [1.82, 2.24) is 9.21 Å². The van der Waals surface area contributed by atoms with Crippen molar-refractivity contribution >= 4 is 15.9 Å². The third kappa shape index (κ3) is 4.26. The van der Waals surface area contributed by atoms with Gasteiger partial charge < -0.3 is 9.64 Å². The molecule has 8 heteroatoms. The topological polar surface area (TPSA) is 90.7 Å². The van der Waals surface area contributed by atoms with E-state index < -0.39 is 10.0 Å². The number of likely N-dealkylation sites (tertiary alicyclic amines) is 1. The van der Waals surface area contributed by atoms with Gasteiger partial charge in [0.15, 0.2) is 0 Å². The van der Waals surface area contributed by atoms with E-state index in [1.165, 1.54) is 19.2 Å². The molecule has 0 N–H and O–H groups in total. The smallest absolute Gasteiger partial charge is 0.244 e. The number of carbonyl (C=O) groups is 1. The fourth-order valence-corrected chi connectivity index (χ4v) is 4.84. The third-order valence-corrected chi connectivity index (χ3v) is 6.97. The fraction of sp³-hybridized carbons (Fsp3) is 0.333. The predicted octanol–water partition coefficient (Wildman–Crippen LogP) is 2.55. The van der Waals surface area contributed by atoms with Gasteiger partial charge in [0.1, 0.15) is 11.8 Å². The van der Waals surface area contributed by atoms with Crippen LogP contribution in [0.15, 0.2) is 53.4 Å². The first-order valence-corrected chi connectivity index (χ1v) is 10.7. The van der Waals surface area contributed by atoms with Crippen LogP contribution >= 0.6 is 0 Å². The summed E-state index contributed by atoms with van der Waals surface area (Å²) < 4.78 is 32.0. The van der Waals surface area contributed by atoms with Crippen molar-refractivity contribution in [3.63, 3.8) is 0 Å². The minimum atomic E-state index is -3.96. The van der Waals surface area contributed by atoms with Crippen molar-refractivity contribution < 1.29 is 17.9 Å². The zero-order valence-electron chi connectivity index (χ0n) is 16.4. The molecule has 0 aromatic heterocycles. The van der Waals surface area contributed by atoms with Crippen molar-refractivity contribution in [2.75, 3.05) is 27.2 Å². The molecule has 1 amide bonds. The maximum Gasteiger partial charge on any atom is 0.244 e. The van der Waals surface area contributed by atoms with Gasteiger partial charge in [-0.05, 0) is 42.7 Å². The van der Waals surface area contributed by atoms with Crippen LogP contribution in [0.4, 0.5) is 0 Å². The van der Waals surface area contributed by atoms with Gasteiger partial charge in [-0.15, -0.1) is 0 Å². The first-order valence-electron chi connectivity index (χ1n) is 9.27. The molecule has 0 bridgehead atoms. The molecule has 0 aliphatic carbocycles. The Hall–Kier alpha value is -2.89. The summed E-state index contributed by atoms with van der Waals surface area (Å²) in [4.78, 5) is 14.6. The summed E-state index contributed by atoms with van der Waals surface area (Å²) in [6.45, 7) is 0.284. The highest BCUT2D eigenvalue weighted by Gasteiger charge is 2.33. The van der Waals surface area contributed by atoms with Gasteiger partial charge in [-0.3, -0.25) is 4.79 Å². The number of methoxy groups -OCH3 is 1. The molecule has 152 valence electrons. The summed E-state index contributed by atoms with van der Waals surface area (Å²) in [5.41, 5.74) is 1.03. The quantitative estimate of drug-likeness (QED) is 0.726. The molecule has 2 aromatic carbocycles. The Labute approximate surface area is 171 Å². The van der Waals surface area contributed by atoms with Gasteiger partial charge in [-0.25, -0.2) is 8.42 Å². The van der Waals surface area contributed by atoms with Crippen LogP contribution in [-0.4, -0.2) is 50.8 Å². The molecule has 3 rings (SSSR count). The Kier molecular flexibility index (Phi) is 6.20. The maximum atomic E-state index is 12.9. The summed E-state index contributed by atoms with van der Waals surface area (Å²) in [6, 6.07) is 15.3. The second-order valence-corrected chi connectivity index (χ2v) is 8.90. The van der Waals surface area contributed by atoms with Crippen LogP contribution in [0, 0.1) is 11.3 Å². The molecule has 29 heavy (non-hydrogen) atoms. The molecule has 0 unspecified atom stereocenters. The zero-order valence-corrected chi connectivity index (χ0v) is 17.2. The van der Waals surface area contributed by atoms with E-state index in [-0.39, 0.29) is 29.0 Å². The van der Waals surface area contributed by atoms with Crippen LogP contribution in [0.5, 0.6) is 5.75 Å². The van der Waals surface area contributed by atoms with Crippen LogP contribution in [0.3, 0.4) is 0 Å². The minimum Gasteiger partial charge on any atom is -0.497 e. The largest absolute Gasteiger partial charge is 0.497 e. The molecule has 0 spiro atoms. The molecular weight excluding hydrogens is 390 g/mol. The molecule has 1 saturated heterocycles. The van der Waals surface area contributed by atoms with E-state index in [2.05, 4.69) is 0 Å². The second kappa shape index (κ2) is 8.64. The van der Waals surface area contributed by atoms with Crippen molar-refractivity contribution in [3.05, 3.63) is 59.7 Å². The zero-order chi connectivity index (χ0) is 21.0. The lowest BCUT2D eigenvalue weighted by Gasteiger charge is -2.27. The van der Waals surface area contributed by atoms with E-state index in [1.54, 1.807) is 24.1 Å². The third-order valence-electron chi connectivity index (χ3n) is 5.11. The number of sulfonamides is 1. The van der Waals surface area contributed by atoms with Crippen LogP contribution in [-0.2, 0) is 14.8 Å². The number of likely N-dealkylation sites (N-methyl/N-ethyl adjacent to an activating group) is 1. The summed E-state index contributed by atoms with van der Waals surface area (Å²) in [5, 5.41) is 9.20. The highest BCUT2D eigenvalue weighted by Crippen LogP contribution is 2.33. The maximum absolute atomic E-state index is 12.9. The van der Waals surface area contributed by atoms with E-state index in [0.29, 0.717) is 6.54 Å². The van der Waals surface area contributed by atoms with Crippen molar-refractivity contribution in [3.8, 4) is 11.8 Å². The van der Waals surface area contributed by atoms with Crippen molar-refractivity contribution in [2.45, 2.75) is 23.8 Å². The van der Waals surface area contributed by atoms with Crippen molar-refractivity contribution in [1.29, 1.82) is 5.26 Å². The van der Waals surface area contributed by atoms with Gasteiger partial charge in [0.25, 0.3) is 0 Å². The fourth-order valence-electron chi connectivity index (χ4n) is 3.58. The average molecular weight is 413 g/mol. The molecule has 0 radical (unpaired) electrons. The Morgan fingerprint density at radius 3 is 2.76 bits per heavy atom. The Morgan fingerprint density at radius 2 is 2.03 bits per heavy atom. The molecule has 1 heterocycles. The van der Waals surface area contributed by atoms with Crippen LogP contribution in [0.25, 0.3) is 0 Å². The first kappa shape index (κ1) is 20.8. The van der Waals surface area contributed by atoms with Gasteiger partial charge in [-0.2, -0.15) is 9.57 Å². The van der Waals surface area contributed by atoms with E-state index in [0.717, 1.165) is 28.5 Å². The summed E-state index contributed by atoms with van der Waals surface area (Å²) >= 11 is 0. The van der Waals surface area contributed by atoms with Gasteiger partial charge in [0.05, 0.1) is 30.2 Å². The molecule has 1 atom stereocenters. The number of rotatable bonds is 6. The molecule has 0 saturated carbocycles. The lowest BCUT2D eigenvalue weighted by atomic mass is 10.0. The van der Waals surface area contributed by atoms with Gasteiger partial charge in [-0.1, -0.05) is 24.3 Å². The molecule has 1 fully saturated rings. The van der Waals surface area contributed by atoms with E-state index in [9.17, 15) is 18.5 Å². The normalized spacial score (nSPS) is 16.6. The van der Waals surface area contributed by atoms with Crippen molar-refractivity contribution in [2.24, 2.45) is 0 Å². The number of carbonyl (C=O) groups excluding carboxylic acids is 1. The minimum absolute atomic E-state index is 0.0576. The van der Waals surface area contributed by atoms with Gasteiger partial charge in [0, 0.05) is 13.6 Å². The second-order valence-electron chi connectivity index (χ2n) is 6.89. The number of hydrogen-bond acceptors (Lipinski definition) is 5. The van der Waals surface area contributed by atoms with Crippen LogP contribution in [0.2, 0.25) is 0 Å². The van der Waals surface area contributed by atoms with Gasteiger partial charge >= 0.3 is 0 Å². The van der Waals surface area contributed by atoms with Gasteiger partial charge in [0.2, 0.25) is 15.9 Å². The number of nitrogens with zero attached hydrogens (tertiary/aromatic N) is 3. The Bertz CT molecular complexity index is 1050. The number of nitriles is 1. The lowest BCUT2D eigenvalue weighted by molar-refractivity contribution is -0.132. The summed E-state index contributed by atoms with van der Waals surface area (Å²) in [6.07, 6.45) is 1.66. The van der Waals surface area contributed by atoms with Crippen LogP contribution in [0.1, 0.15) is 30.0 Å². The summed E-state index contributed by atoms with van der Waals surface area (Å²) in [5.74, 6) is 0.449. The first-order chi connectivity index (χ1) is 13.9. The Morgan fingerprint density at radius 1 is 1.28 bits per heavy atom. The standard InChI is InChI=1S/C21H23N3O4S/c1-23(29(26,27)20-11-4-3-7-17(20)14-22)15-21(25)24-12-6-10-19(24)16-8-5-9-18(13-16)28-2/h3-5,7-9,11,13,19H,6,10,12,15H2,1-2H3/t19-/m1/s1. The molecule has 1 aliphatic rings. The highest BCUT2D eigenvalue weighted by atomic mass is 32.2. The lowest BCUT2D eigenvalue weighted by Crippen LogP contribution is -2.41. The van der Waals surface area contributed by atoms with Crippen LogP contribution < -0.4 is 4.74 Å². The number of amides is 1.